The first-order chi connectivity index (χ1) is 16.5. The molecule has 0 aliphatic rings. The van der Waals surface area contributed by atoms with Crippen LogP contribution in [0.2, 0.25) is 5.02 Å². The van der Waals surface area contributed by atoms with E-state index in [1.807, 2.05) is 6.92 Å². The SMILES string of the molecule is CCCNC(=O)[C@@H](CC)N(Cc1ccc(Cl)cc1)C(=O)CN(c1cccc(C(C)=O)c1)S(C)(=O)=O. The van der Waals surface area contributed by atoms with Crippen molar-refractivity contribution in [3.63, 3.8) is 0 Å². The largest absolute Gasteiger partial charge is 0.354 e. The number of hydrogen-bond donors (Lipinski definition) is 1. The van der Waals surface area contributed by atoms with Gasteiger partial charge >= 0.3 is 0 Å². The molecule has 0 aliphatic carbocycles. The number of nitrogens with one attached hydrogen (secondary N) is 1. The fraction of sp³-hybridized carbons (Fsp3) is 0.400. The van der Waals surface area contributed by atoms with Gasteiger partial charge in [0.25, 0.3) is 0 Å². The molecule has 0 unspecified atom stereocenters. The minimum atomic E-state index is -3.88. The summed E-state index contributed by atoms with van der Waals surface area (Å²) in [6, 6.07) is 12.2. The normalized spacial score (nSPS) is 12.0. The zero-order chi connectivity index (χ0) is 26.2. The lowest BCUT2D eigenvalue weighted by Crippen LogP contribution is -2.52. The molecule has 8 nitrogen and oxygen atoms in total. The number of benzene rings is 2. The van der Waals surface area contributed by atoms with E-state index in [1.54, 1.807) is 43.3 Å². The van der Waals surface area contributed by atoms with Crippen LogP contribution in [0.4, 0.5) is 5.69 Å². The van der Waals surface area contributed by atoms with E-state index in [0.717, 1.165) is 22.5 Å². The Morgan fingerprint density at radius 2 is 1.71 bits per heavy atom. The van der Waals surface area contributed by atoms with Crippen molar-refractivity contribution in [3.05, 3.63) is 64.7 Å². The monoisotopic (exact) mass is 521 g/mol. The fourth-order valence-electron chi connectivity index (χ4n) is 3.57. The summed E-state index contributed by atoms with van der Waals surface area (Å²) in [6.45, 7) is 5.14. The number of sulfonamides is 1. The van der Waals surface area contributed by atoms with E-state index in [-0.39, 0.29) is 23.9 Å². The third kappa shape index (κ3) is 8.07. The van der Waals surface area contributed by atoms with E-state index in [0.29, 0.717) is 23.6 Å². The molecule has 0 fully saturated rings. The molecule has 190 valence electrons. The second-order valence-electron chi connectivity index (χ2n) is 8.24. The molecule has 2 aromatic carbocycles. The van der Waals surface area contributed by atoms with Crippen molar-refractivity contribution in [1.82, 2.24) is 10.2 Å². The molecule has 2 amide bonds. The molecule has 0 radical (unpaired) electrons. The number of carbonyl (C=O) groups is 3. The highest BCUT2D eigenvalue weighted by Gasteiger charge is 2.31. The third-order valence-electron chi connectivity index (χ3n) is 5.42. The number of ketones is 1. The van der Waals surface area contributed by atoms with Crippen LogP contribution in [0, 0.1) is 0 Å². The van der Waals surface area contributed by atoms with Gasteiger partial charge in [-0.05, 0) is 49.6 Å². The molecule has 10 heteroatoms. The standard InChI is InChI=1S/C25H32ClN3O5S/c1-5-14-27-25(32)23(6-2)28(16-19-10-12-21(26)13-11-19)24(31)17-29(35(4,33)34)22-9-7-8-20(15-22)18(3)30/h7-13,15,23H,5-6,14,16-17H2,1-4H3,(H,27,32)/t23-/m1/s1. The van der Waals surface area contributed by atoms with Crippen molar-refractivity contribution in [2.75, 3.05) is 23.7 Å². The third-order valence-corrected chi connectivity index (χ3v) is 6.81. The number of halogens is 1. The Balaban J connectivity index is 2.45. The van der Waals surface area contributed by atoms with Gasteiger partial charge in [0.15, 0.2) is 5.78 Å². The number of anilines is 1. The van der Waals surface area contributed by atoms with Gasteiger partial charge in [-0.25, -0.2) is 8.42 Å². The maximum Gasteiger partial charge on any atom is 0.244 e. The first kappa shape index (κ1) is 28.3. The van der Waals surface area contributed by atoms with Gasteiger partial charge in [-0.3, -0.25) is 18.7 Å². The summed E-state index contributed by atoms with van der Waals surface area (Å²) < 4.78 is 26.3. The summed E-state index contributed by atoms with van der Waals surface area (Å²) in [7, 11) is -3.88. The van der Waals surface area contributed by atoms with Crippen molar-refractivity contribution in [1.29, 1.82) is 0 Å². The zero-order valence-electron chi connectivity index (χ0n) is 20.5. The van der Waals surface area contributed by atoms with Crippen molar-refractivity contribution >= 4 is 44.9 Å². The predicted octanol–water partition coefficient (Wildman–Crippen LogP) is 3.64. The fourth-order valence-corrected chi connectivity index (χ4v) is 4.53. The van der Waals surface area contributed by atoms with Crippen molar-refractivity contribution < 1.29 is 22.8 Å². The van der Waals surface area contributed by atoms with E-state index in [1.165, 1.54) is 24.0 Å². The number of carbonyl (C=O) groups excluding carboxylic acids is 3. The Kier molecular flexibility index (Phi) is 10.3. The molecule has 0 aromatic heterocycles. The Hall–Kier alpha value is -2.91. The Labute approximate surface area is 212 Å². The van der Waals surface area contributed by atoms with E-state index in [2.05, 4.69) is 5.32 Å². The van der Waals surface area contributed by atoms with Crippen LogP contribution in [0.25, 0.3) is 0 Å². The summed E-state index contributed by atoms with van der Waals surface area (Å²) in [4.78, 5) is 39.7. The lowest BCUT2D eigenvalue weighted by molar-refractivity contribution is -0.140. The van der Waals surface area contributed by atoms with Gasteiger partial charge in [-0.15, -0.1) is 0 Å². The van der Waals surface area contributed by atoms with Crippen molar-refractivity contribution in [3.8, 4) is 0 Å². The number of rotatable bonds is 12. The zero-order valence-corrected chi connectivity index (χ0v) is 22.0. The minimum Gasteiger partial charge on any atom is -0.354 e. The molecule has 0 saturated heterocycles. The van der Waals surface area contributed by atoms with E-state index in [4.69, 9.17) is 11.6 Å². The Morgan fingerprint density at radius 1 is 1.06 bits per heavy atom. The van der Waals surface area contributed by atoms with Crippen molar-refractivity contribution in [2.24, 2.45) is 0 Å². The van der Waals surface area contributed by atoms with Crippen LogP contribution in [0.1, 0.15) is 49.5 Å². The van der Waals surface area contributed by atoms with Crippen LogP contribution in [0.3, 0.4) is 0 Å². The molecule has 1 N–H and O–H groups in total. The maximum atomic E-state index is 13.6. The Morgan fingerprint density at radius 3 is 2.26 bits per heavy atom. The van der Waals surface area contributed by atoms with Crippen LogP contribution in [-0.4, -0.2) is 56.3 Å². The van der Waals surface area contributed by atoms with Crippen LogP contribution >= 0.6 is 11.6 Å². The molecule has 0 saturated carbocycles. The summed E-state index contributed by atoms with van der Waals surface area (Å²) in [5.41, 5.74) is 1.27. The average Bonchev–Trinajstić information content (AvgIpc) is 2.81. The highest BCUT2D eigenvalue weighted by molar-refractivity contribution is 7.92. The van der Waals surface area contributed by atoms with Gasteiger partial charge in [0.05, 0.1) is 11.9 Å². The molecule has 0 bridgehead atoms. The number of nitrogens with zero attached hydrogens (tertiary/aromatic N) is 2. The van der Waals surface area contributed by atoms with Gasteiger partial charge < -0.3 is 10.2 Å². The van der Waals surface area contributed by atoms with E-state index in [9.17, 15) is 22.8 Å². The quantitative estimate of drug-likeness (QED) is 0.429. The van der Waals surface area contributed by atoms with Gasteiger partial charge in [-0.2, -0.15) is 0 Å². The predicted molar refractivity (Wildman–Crippen MR) is 138 cm³/mol. The Bertz CT molecular complexity index is 1150. The average molecular weight is 522 g/mol. The number of amides is 2. The number of Topliss-reactive ketones (excluding diaryl/α,β-unsaturated/α-hetero) is 1. The molecular weight excluding hydrogens is 490 g/mol. The van der Waals surface area contributed by atoms with E-state index < -0.39 is 28.5 Å². The lowest BCUT2D eigenvalue weighted by atomic mass is 10.1. The number of hydrogen-bond acceptors (Lipinski definition) is 5. The molecule has 0 heterocycles. The van der Waals surface area contributed by atoms with Crippen LogP contribution < -0.4 is 9.62 Å². The van der Waals surface area contributed by atoms with Crippen LogP contribution in [0.5, 0.6) is 0 Å². The summed E-state index contributed by atoms with van der Waals surface area (Å²) in [5, 5.41) is 3.36. The highest BCUT2D eigenvalue weighted by atomic mass is 35.5. The van der Waals surface area contributed by atoms with Crippen LogP contribution in [0.15, 0.2) is 48.5 Å². The molecular formula is C25H32ClN3O5S. The molecule has 35 heavy (non-hydrogen) atoms. The lowest BCUT2D eigenvalue weighted by Gasteiger charge is -2.33. The smallest absolute Gasteiger partial charge is 0.244 e. The summed E-state index contributed by atoms with van der Waals surface area (Å²) in [6.07, 6.45) is 2.07. The topological polar surface area (TPSA) is 104 Å². The molecule has 0 spiro atoms. The molecule has 1 atom stereocenters. The highest BCUT2D eigenvalue weighted by Crippen LogP contribution is 2.21. The first-order valence-electron chi connectivity index (χ1n) is 11.4. The van der Waals surface area contributed by atoms with Gasteiger partial charge in [0.2, 0.25) is 21.8 Å². The van der Waals surface area contributed by atoms with Gasteiger partial charge in [0, 0.05) is 23.7 Å². The van der Waals surface area contributed by atoms with Gasteiger partial charge in [0.1, 0.15) is 12.6 Å². The summed E-state index contributed by atoms with van der Waals surface area (Å²) >= 11 is 5.99. The second kappa shape index (κ2) is 12.7. The van der Waals surface area contributed by atoms with E-state index >= 15 is 0 Å². The summed E-state index contributed by atoms with van der Waals surface area (Å²) in [5.74, 6) is -1.08. The molecule has 2 rings (SSSR count). The van der Waals surface area contributed by atoms with Gasteiger partial charge in [-0.1, -0.05) is 49.7 Å². The second-order valence-corrected chi connectivity index (χ2v) is 10.6. The van der Waals surface area contributed by atoms with Crippen LogP contribution in [-0.2, 0) is 26.2 Å². The molecule has 0 aliphatic heterocycles. The minimum absolute atomic E-state index is 0.0964. The maximum absolute atomic E-state index is 13.6. The molecule has 2 aromatic rings. The first-order valence-corrected chi connectivity index (χ1v) is 13.6. The van der Waals surface area contributed by atoms with Crippen molar-refractivity contribution in [2.45, 2.75) is 46.2 Å².